The zero-order valence-corrected chi connectivity index (χ0v) is 6.85. The van der Waals surface area contributed by atoms with Crippen LogP contribution in [0.5, 0.6) is 0 Å². The summed E-state index contributed by atoms with van der Waals surface area (Å²) >= 11 is 0. The number of aliphatic hydroxyl groups is 1. The second-order valence-electron chi connectivity index (χ2n) is 2.79. The van der Waals surface area contributed by atoms with Crippen molar-refractivity contribution in [2.24, 2.45) is 0 Å². The molecular formula is C7H15F2NO. The van der Waals surface area contributed by atoms with Gasteiger partial charge in [-0.3, -0.25) is 0 Å². The van der Waals surface area contributed by atoms with Gasteiger partial charge in [-0.05, 0) is 20.3 Å². The first-order valence-electron chi connectivity index (χ1n) is 3.72. The molecule has 0 bridgehead atoms. The summed E-state index contributed by atoms with van der Waals surface area (Å²) in [5, 5.41) is 11.5. The Morgan fingerprint density at radius 1 is 1.36 bits per heavy atom. The average Bonchev–Trinajstić information content (AvgIpc) is 1.82. The van der Waals surface area contributed by atoms with E-state index >= 15 is 0 Å². The van der Waals surface area contributed by atoms with E-state index in [1.807, 2.05) is 0 Å². The van der Waals surface area contributed by atoms with Crippen LogP contribution in [0.3, 0.4) is 0 Å². The molecule has 0 aromatic carbocycles. The molecule has 0 radical (unpaired) electrons. The molecule has 4 heteroatoms. The van der Waals surface area contributed by atoms with Gasteiger partial charge < -0.3 is 10.4 Å². The van der Waals surface area contributed by atoms with E-state index in [0.29, 0.717) is 6.42 Å². The molecule has 0 fully saturated rings. The standard InChI is InChI=1S/C7H15F2NO/c1-5(3-6(2)11)10-4-7(8)9/h5-7,10-11H,3-4H2,1-2H3. The Hall–Kier alpha value is -0.220. The van der Waals surface area contributed by atoms with E-state index in [2.05, 4.69) is 5.32 Å². The number of aliphatic hydroxyl groups excluding tert-OH is 1. The Morgan fingerprint density at radius 3 is 2.27 bits per heavy atom. The molecule has 11 heavy (non-hydrogen) atoms. The normalized spacial score (nSPS) is 16.9. The molecule has 0 aromatic rings. The highest BCUT2D eigenvalue weighted by molar-refractivity contribution is 4.63. The van der Waals surface area contributed by atoms with Crippen LogP contribution in [0.25, 0.3) is 0 Å². The van der Waals surface area contributed by atoms with Crippen molar-refractivity contribution in [1.29, 1.82) is 0 Å². The largest absolute Gasteiger partial charge is 0.393 e. The molecule has 0 heterocycles. The summed E-state index contributed by atoms with van der Waals surface area (Å²) in [6.07, 6.45) is -2.24. The molecule has 0 aliphatic carbocycles. The molecular weight excluding hydrogens is 152 g/mol. The van der Waals surface area contributed by atoms with Gasteiger partial charge in [0.05, 0.1) is 12.6 Å². The highest BCUT2D eigenvalue weighted by atomic mass is 19.3. The van der Waals surface area contributed by atoms with Crippen LogP contribution >= 0.6 is 0 Å². The summed E-state index contributed by atoms with van der Waals surface area (Å²) in [6.45, 7) is 3.11. The van der Waals surface area contributed by atoms with Gasteiger partial charge in [-0.1, -0.05) is 0 Å². The van der Waals surface area contributed by atoms with Gasteiger partial charge in [0.25, 0.3) is 6.43 Å². The first-order chi connectivity index (χ1) is 5.02. The number of alkyl halides is 2. The smallest absolute Gasteiger partial charge is 0.250 e. The van der Waals surface area contributed by atoms with Crippen LogP contribution in [-0.2, 0) is 0 Å². The van der Waals surface area contributed by atoms with E-state index in [-0.39, 0.29) is 12.6 Å². The molecule has 2 nitrogen and oxygen atoms in total. The van der Waals surface area contributed by atoms with Crippen molar-refractivity contribution in [3.8, 4) is 0 Å². The SMILES string of the molecule is CC(O)CC(C)NCC(F)F. The van der Waals surface area contributed by atoms with E-state index in [4.69, 9.17) is 5.11 Å². The van der Waals surface area contributed by atoms with E-state index in [1.165, 1.54) is 0 Å². The van der Waals surface area contributed by atoms with Gasteiger partial charge in [-0.15, -0.1) is 0 Å². The summed E-state index contributed by atoms with van der Waals surface area (Å²) < 4.78 is 23.2. The minimum absolute atomic E-state index is 0.0519. The van der Waals surface area contributed by atoms with Gasteiger partial charge in [0.1, 0.15) is 0 Å². The van der Waals surface area contributed by atoms with Crippen molar-refractivity contribution in [3.05, 3.63) is 0 Å². The third-order valence-corrected chi connectivity index (χ3v) is 1.32. The predicted molar refractivity (Wildman–Crippen MR) is 39.8 cm³/mol. The van der Waals surface area contributed by atoms with Crippen LogP contribution in [0.1, 0.15) is 20.3 Å². The first kappa shape index (κ1) is 10.8. The van der Waals surface area contributed by atoms with Crippen LogP contribution in [0.2, 0.25) is 0 Å². The fraction of sp³-hybridized carbons (Fsp3) is 1.00. The molecule has 2 unspecified atom stereocenters. The molecule has 0 saturated heterocycles. The van der Waals surface area contributed by atoms with Crippen LogP contribution in [0.4, 0.5) is 8.78 Å². The van der Waals surface area contributed by atoms with E-state index in [1.54, 1.807) is 13.8 Å². The third-order valence-electron chi connectivity index (χ3n) is 1.32. The lowest BCUT2D eigenvalue weighted by molar-refractivity contribution is 0.130. The highest BCUT2D eigenvalue weighted by Gasteiger charge is 2.08. The molecule has 68 valence electrons. The maximum absolute atomic E-state index is 11.6. The molecule has 0 saturated carbocycles. The average molecular weight is 167 g/mol. The fourth-order valence-electron chi connectivity index (χ4n) is 0.885. The van der Waals surface area contributed by atoms with E-state index in [9.17, 15) is 8.78 Å². The topological polar surface area (TPSA) is 32.3 Å². The fourth-order valence-corrected chi connectivity index (χ4v) is 0.885. The lowest BCUT2D eigenvalue weighted by Gasteiger charge is -2.14. The molecule has 0 aromatic heterocycles. The summed E-state index contributed by atoms with van der Waals surface area (Å²) in [5.41, 5.74) is 0. The second kappa shape index (κ2) is 5.43. The zero-order valence-electron chi connectivity index (χ0n) is 6.85. The Balaban J connectivity index is 3.29. The van der Waals surface area contributed by atoms with Gasteiger partial charge in [-0.2, -0.15) is 0 Å². The Kier molecular flexibility index (Phi) is 5.32. The predicted octanol–water partition coefficient (Wildman–Crippen LogP) is 1.00. The second-order valence-corrected chi connectivity index (χ2v) is 2.79. The highest BCUT2D eigenvalue weighted by Crippen LogP contribution is 1.97. The van der Waals surface area contributed by atoms with Crippen LogP contribution < -0.4 is 5.32 Å². The van der Waals surface area contributed by atoms with Crippen molar-refractivity contribution in [2.45, 2.75) is 38.8 Å². The maximum atomic E-state index is 11.6. The number of rotatable bonds is 5. The van der Waals surface area contributed by atoms with E-state index in [0.717, 1.165) is 0 Å². The maximum Gasteiger partial charge on any atom is 0.250 e. The van der Waals surface area contributed by atoms with Gasteiger partial charge in [-0.25, -0.2) is 8.78 Å². The van der Waals surface area contributed by atoms with Crippen molar-refractivity contribution < 1.29 is 13.9 Å². The first-order valence-corrected chi connectivity index (χ1v) is 3.72. The molecule has 0 spiro atoms. The monoisotopic (exact) mass is 167 g/mol. The Bertz CT molecular complexity index is 98.4. The van der Waals surface area contributed by atoms with Crippen LogP contribution in [-0.4, -0.2) is 30.2 Å². The van der Waals surface area contributed by atoms with Gasteiger partial charge in [0.15, 0.2) is 0 Å². The van der Waals surface area contributed by atoms with Crippen molar-refractivity contribution in [3.63, 3.8) is 0 Å². The van der Waals surface area contributed by atoms with Gasteiger partial charge in [0.2, 0.25) is 0 Å². The molecule has 0 rings (SSSR count). The minimum atomic E-state index is -2.31. The lowest BCUT2D eigenvalue weighted by atomic mass is 10.1. The van der Waals surface area contributed by atoms with Crippen LogP contribution in [0, 0.1) is 0 Å². The molecule has 0 amide bonds. The number of halogens is 2. The van der Waals surface area contributed by atoms with Crippen molar-refractivity contribution in [1.82, 2.24) is 5.32 Å². The lowest BCUT2D eigenvalue weighted by Crippen LogP contribution is -2.32. The van der Waals surface area contributed by atoms with Crippen LogP contribution in [0.15, 0.2) is 0 Å². The molecule has 2 atom stereocenters. The minimum Gasteiger partial charge on any atom is -0.393 e. The van der Waals surface area contributed by atoms with Crippen molar-refractivity contribution >= 4 is 0 Å². The van der Waals surface area contributed by atoms with E-state index < -0.39 is 12.5 Å². The summed E-state index contributed by atoms with van der Waals surface area (Å²) in [6, 6.07) is -0.0519. The molecule has 0 aliphatic rings. The Labute approximate surface area is 65.6 Å². The summed E-state index contributed by atoms with van der Waals surface area (Å²) in [5.74, 6) is 0. The Morgan fingerprint density at radius 2 is 1.91 bits per heavy atom. The van der Waals surface area contributed by atoms with Crippen molar-refractivity contribution in [2.75, 3.05) is 6.54 Å². The van der Waals surface area contributed by atoms with Gasteiger partial charge >= 0.3 is 0 Å². The summed E-state index contributed by atoms with van der Waals surface area (Å²) in [4.78, 5) is 0. The number of nitrogens with one attached hydrogen (secondary N) is 1. The third kappa shape index (κ3) is 7.68. The zero-order chi connectivity index (χ0) is 8.85. The molecule has 2 N–H and O–H groups in total. The summed E-state index contributed by atoms with van der Waals surface area (Å²) in [7, 11) is 0. The molecule has 0 aliphatic heterocycles. The number of hydrogen-bond donors (Lipinski definition) is 2. The number of hydrogen-bond acceptors (Lipinski definition) is 2. The van der Waals surface area contributed by atoms with Gasteiger partial charge in [0, 0.05) is 6.04 Å². The quantitative estimate of drug-likeness (QED) is 0.640.